The van der Waals surface area contributed by atoms with E-state index in [1.165, 1.54) is 11.3 Å². The van der Waals surface area contributed by atoms with Crippen LogP contribution in [-0.4, -0.2) is 23.4 Å². The molecule has 2 heterocycles. The van der Waals surface area contributed by atoms with Crippen LogP contribution in [0.1, 0.15) is 21.7 Å². The summed E-state index contributed by atoms with van der Waals surface area (Å²) in [6.07, 6.45) is 1.67. The highest BCUT2D eigenvalue weighted by Gasteiger charge is 2.08. The Morgan fingerprint density at radius 1 is 1.33 bits per heavy atom. The Labute approximate surface area is 130 Å². The van der Waals surface area contributed by atoms with Gasteiger partial charge in [-0.05, 0) is 17.5 Å². The Bertz CT molecular complexity index is 599. The molecule has 1 N–H and O–H groups in total. The van der Waals surface area contributed by atoms with Crippen molar-refractivity contribution in [1.82, 2.24) is 10.3 Å². The standard InChI is InChI=1S/C14H13ClN2O3S/c15-12-4-3-10(8-17-12)9-20-13(18)5-6-16-14(19)11-2-1-7-21-11/h1-4,7-8H,5-6,9H2,(H,16,19). The quantitative estimate of drug-likeness (QED) is 0.655. The number of nitrogens with zero attached hydrogens (tertiary/aromatic N) is 1. The number of nitrogens with one attached hydrogen (secondary N) is 1. The Balaban J connectivity index is 1.66. The summed E-state index contributed by atoms with van der Waals surface area (Å²) in [6, 6.07) is 6.90. The molecule has 2 rings (SSSR count). The number of thiophene rings is 1. The van der Waals surface area contributed by atoms with Gasteiger partial charge in [0.05, 0.1) is 11.3 Å². The van der Waals surface area contributed by atoms with E-state index in [1.54, 1.807) is 30.5 Å². The Hall–Kier alpha value is -1.92. The van der Waals surface area contributed by atoms with Gasteiger partial charge in [0.15, 0.2) is 0 Å². The van der Waals surface area contributed by atoms with E-state index >= 15 is 0 Å². The summed E-state index contributed by atoms with van der Waals surface area (Å²) >= 11 is 7.01. The molecule has 2 aromatic heterocycles. The molecule has 0 aliphatic rings. The molecule has 2 aromatic rings. The van der Waals surface area contributed by atoms with E-state index in [-0.39, 0.29) is 31.4 Å². The smallest absolute Gasteiger partial charge is 0.307 e. The van der Waals surface area contributed by atoms with Gasteiger partial charge in [0.25, 0.3) is 5.91 Å². The highest BCUT2D eigenvalue weighted by Crippen LogP contribution is 2.08. The van der Waals surface area contributed by atoms with E-state index in [1.807, 2.05) is 5.38 Å². The highest BCUT2D eigenvalue weighted by atomic mass is 35.5. The van der Waals surface area contributed by atoms with Crippen molar-refractivity contribution in [3.8, 4) is 0 Å². The second-order valence-corrected chi connectivity index (χ2v) is 5.47. The monoisotopic (exact) mass is 324 g/mol. The summed E-state index contributed by atoms with van der Waals surface area (Å²) in [5, 5.41) is 4.88. The van der Waals surface area contributed by atoms with Crippen LogP contribution in [0.4, 0.5) is 0 Å². The minimum atomic E-state index is -0.378. The van der Waals surface area contributed by atoms with E-state index in [9.17, 15) is 9.59 Å². The molecular formula is C14H13ClN2O3S. The maximum Gasteiger partial charge on any atom is 0.307 e. The average Bonchev–Trinajstić information content (AvgIpc) is 3.01. The SMILES string of the molecule is O=C(CCNC(=O)c1cccs1)OCc1ccc(Cl)nc1. The lowest BCUT2D eigenvalue weighted by Crippen LogP contribution is -2.25. The first kappa shape index (κ1) is 15.5. The number of hydrogen-bond acceptors (Lipinski definition) is 5. The first-order valence-electron chi connectivity index (χ1n) is 6.23. The number of rotatable bonds is 6. The lowest BCUT2D eigenvalue weighted by molar-refractivity contribution is -0.144. The third kappa shape index (κ3) is 5.17. The molecule has 0 saturated carbocycles. The molecule has 0 atom stereocenters. The molecule has 7 heteroatoms. The van der Waals surface area contributed by atoms with Crippen molar-refractivity contribution in [2.75, 3.05) is 6.54 Å². The number of carbonyl (C=O) groups excluding carboxylic acids is 2. The minimum absolute atomic E-state index is 0.123. The lowest BCUT2D eigenvalue weighted by atomic mass is 10.3. The van der Waals surface area contributed by atoms with Crippen molar-refractivity contribution in [3.05, 3.63) is 51.4 Å². The van der Waals surface area contributed by atoms with Crippen molar-refractivity contribution in [1.29, 1.82) is 0 Å². The zero-order chi connectivity index (χ0) is 15.1. The zero-order valence-corrected chi connectivity index (χ0v) is 12.6. The molecule has 0 radical (unpaired) electrons. The molecule has 0 fully saturated rings. The number of esters is 1. The summed E-state index contributed by atoms with van der Waals surface area (Å²) in [5.74, 6) is -0.559. The van der Waals surface area contributed by atoms with E-state index in [4.69, 9.17) is 16.3 Å². The Morgan fingerprint density at radius 3 is 2.86 bits per heavy atom. The number of carbonyl (C=O) groups is 2. The van der Waals surface area contributed by atoms with Crippen LogP contribution in [0.2, 0.25) is 5.15 Å². The number of ether oxygens (including phenoxy) is 1. The third-order valence-electron chi connectivity index (χ3n) is 2.55. The van der Waals surface area contributed by atoms with Gasteiger partial charge in [-0.15, -0.1) is 11.3 Å². The zero-order valence-electron chi connectivity index (χ0n) is 11.0. The molecule has 0 bridgehead atoms. The molecule has 0 saturated heterocycles. The van der Waals surface area contributed by atoms with E-state index in [0.717, 1.165) is 5.56 Å². The number of halogens is 1. The normalized spacial score (nSPS) is 10.1. The van der Waals surface area contributed by atoms with Gasteiger partial charge in [0.1, 0.15) is 11.8 Å². The second kappa shape index (κ2) is 7.75. The molecule has 0 spiro atoms. The van der Waals surface area contributed by atoms with Crippen molar-refractivity contribution in [2.45, 2.75) is 13.0 Å². The van der Waals surface area contributed by atoms with Crippen LogP contribution in [0.3, 0.4) is 0 Å². The van der Waals surface area contributed by atoms with Gasteiger partial charge in [-0.1, -0.05) is 23.7 Å². The van der Waals surface area contributed by atoms with Crippen LogP contribution in [0.5, 0.6) is 0 Å². The predicted molar refractivity (Wildman–Crippen MR) is 80.3 cm³/mol. The number of hydrogen-bond donors (Lipinski definition) is 1. The van der Waals surface area contributed by atoms with E-state index < -0.39 is 0 Å². The van der Waals surface area contributed by atoms with Gasteiger partial charge in [-0.3, -0.25) is 9.59 Å². The Morgan fingerprint density at radius 2 is 2.19 bits per heavy atom. The van der Waals surface area contributed by atoms with Crippen molar-refractivity contribution >= 4 is 34.8 Å². The molecule has 0 aromatic carbocycles. The minimum Gasteiger partial charge on any atom is -0.461 e. The van der Waals surface area contributed by atoms with Gasteiger partial charge >= 0.3 is 5.97 Å². The van der Waals surface area contributed by atoms with E-state index in [0.29, 0.717) is 10.0 Å². The maximum absolute atomic E-state index is 11.6. The fourth-order valence-electron chi connectivity index (χ4n) is 1.50. The van der Waals surface area contributed by atoms with Gasteiger partial charge in [0.2, 0.25) is 0 Å². The van der Waals surface area contributed by atoms with E-state index in [2.05, 4.69) is 10.3 Å². The molecule has 1 amide bonds. The molecule has 110 valence electrons. The van der Waals surface area contributed by atoms with Crippen LogP contribution >= 0.6 is 22.9 Å². The van der Waals surface area contributed by atoms with Crippen molar-refractivity contribution in [3.63, 3.8) is 0 Å². The molecule has 0 aliphatic carbocycles. The first-order valence-corrected chi connectivity index (χ1v) is 7.48. The van der Waals surface area contributed by atoms with Crippen LogP contribution in [0, 0.1) is 0 Å². The topological polar surface area (TPSA) is 68.3 Å². The van der Waals surface area contributed by atoms with Crippen molar-refractivity contribution in [2.24, 2.45) is 0 Å². The summed E-state index contributed by atoms with van der Waals surface area (Å²) in [6.45, 7) is 0.385. The van der Waals surface area contributed by atoms with Crippen LogP contribution < -0.4 is 5.32 Å². The first-order chi connectivity index (χ1) is 10.1. The Kier molecular flexibility index (Phi) is 5.71. The second-order valence-electron chi connectivity index (χ2n) is 4.13. The summed E-state index contributed by atoms with van der Waals surface area (Å²) in [5.41, 5.74) is 0.760. The average molecular weight is 325 g/mol. The highest BCUT2D eigenvalue weighted by molar-refractivity contribution is 7.12. The lowest BCUT2D eigenvalue weighted by Gasteiger charge is -2.05. The van der Waals surface area contributed by atoms with Crippen LogP contribution in [-0.2, 0) is 16.1 Å². The van der Waals surface area contributed by atoms with Gasteiger partial charge in [0, 0.05) is 18.3 Å². The molecule has 5 nitrogen and oxygen atoms in total. The maximum atomic E-state index is 11.6. The fourth-order valence-corrected chi connectivity index (χ4v) is 2.25. The molecule has 0 unspecified atom stereocenters. The summed E-state index contributed by atoms with van der Waals surface area (Å²) in [7, 11) is 0. The van der Waals surface area contributed by atoms with Crippen LogP contribution in [0.25, 0.3) is 0 Å². The molecule has 0 aliphatic heterocycles. The number of amides is 1. The van der Waals surface area contributed by atoms with Crippen LogP contribution in [0.15, 0.2) is 35.8 Å². The predicted octanol–water partition coefficient (Wildman–Crippen LogP) is 2.66. The molecule has 21 heavy (non-hydrogen) atoms. The number of aromatic nitrogens is 1. The number of pyridine rings is 1. The van der Waals surface area contributed by atoms with Gasteiger partial charge in [-0.25, -0.2) is 4.98 Å². The summed E-state index contributed by atoms with van der Waals surface area (Å²) < 4.78 is 5.07. The van der Waals surface area contributed by atoms with Crippen molar-refractivity contribution < 1.29 is 14.3 Å². The largest absolute Gasteiger partial charge is 0.461 e. The summed E-state index contributed by atoms with van der Waals surface area (Å²) in [4.78, 5) is 27.7. The third-order valence-corrected chi connectivity index (χ3v) is 3.64. The molecular weight excluding hydrogens is 312 g/mol. The van der Waals surface area contributed by atoms with Gasteiger partial charge < -0.3 is 10.1 Å². The van der Waals surface area contributed by atoms with Gasteiger partial charge in [-0.2, -0.15) is 0 Å². The fraction of sp³-hybridized carbons (Fsp3) is 0.214.